The molecule has 1 aliphatic carbocycles. The van der Waals surface area contributed by atoms with E-state index in [2.05, 4.69) is 18.2 Å². The summed E-state index contributed by atoms with van der Waals surface area (Å²) in [6.07, 6.45) is 1.53. The summed E-state index contributed by atoms with van der Waals surface area (Å²) in [5.41, 5.74) is 5.53. The summed E-state index contributed by atoms with van der Waals surface area (Å²) in [5.74, 6) is 0.556. The highest BCUT2D eigenvalue weighted by atomic mass is 19.1. The molecule has 0 bridgehead atoms. The molecule has 1 aliphatic heterocycles. The van der Waals surface area contributed by atoms with Gasteiger partial charge in [-0.05, 0) is 42.3 Å². The summed E-state index contributed by atoms with van der Waals surface area (Å²) in [7, 11) is 1.91. The zero-order valence-corrected chi connectivity index (χ0v) is 14.1. The van der Waals surface area contributed by atoms with E-state index in [9.17, 15) is 4.39 Å². The first-order chi connectivity index (χ1) is 12.2. The van der Waals surface area contributed by atoms with Gasteiger partial charge in [0.15, 0.2) is 0 Å². The van der Waals surface area contributed by atoms with Crippen molar-refractivity contribution in [1.29, 1.82) is 5.26 Å². The summed E-state index contributed by atoms with van der Waals surface area (Å²) < 4.78 is 20.2. The SMILES string of the molecule is CN(CC#N)C[C@H]1CC2=C(O1)c1cc(F)ccc1Cc1ccccc12. The number of benzene rings is 2. The van der Waals surface area contributed by atoms with Crippen LogP contribution in [0.1, 0.15) is 28.7 Å². The Kier molecular flexibility index (Phi) is 4.03. The molecule has 3 nitrogen and oxygen atoms in total. The molecule has 2 aliphatic rings. The van der Waals surface area contributed by atoms with E-state index >= 15 is 0 Å². The smallest absolute Gasteiger partial charge is 0.131 e. The molecule has 0 spiro atoms. The third-order valence-corrected chi connectivity index (χ3v) is 4.89. The zero-order valence-electron chi connectivity index (χ0n) is 14.1. The highest BCUT2D eigenvalue weighted by Gasteiger charge is 2.32. The Labute approximate surface area is 147 Å². The molecule has 0 aromatic heterocycles. The van der Waals surface area contributed by atoms with Gasteiger partial charge in [0.1, 0.15) is 17.7 Å². The van der Waals surface area contributed by atoms with Crippen LogP contribution < -0.4 is 0 Å². The number of halogens is 1. The van der Waals surface area contributed by atoms with E-state index in [0.29, 0.717) is 13.1 Å². The summed E-state index contributed by atoms with van der Waals surface area (Å²) in [5, 5.41) is 8.86. The van der Waals surface area contributed by atoms with Crippen LogP contribution in [0.25, 0.3) is 11.3 Å². The summed E-state index contributed by atoms with van der Waals surface area (Å²) >= 11 is 0. The molecule has 1 atom stereocenters. The maximum atomic E-state index is 13.9. The van der Waals surface area contributed by atoms with Gasteiger partial charge in [-0.2, -0.15) is 5.26 Å². The second kappa shape index (κ2) is 6.34. The van der Waals surface area contributed by atoms with Crippen molar-refractivity contribution >= 4 is 11.3 Å². The predicted molar refractivity (Wildman–Crippen MR) is 95.1 cm³/mol. The molecule has 25 heavy (non-hydrogen) atoms. The Bertz CT molecular complexity index is 897. The number of ether oxygens (including phenoxy) is 1. The van der Waals surface area contributed by atoms with Crippen LogP contribution in [0, 0.1) is 17.1 Å². The van der Waals surface area contributed by atoms with Crippen molar-refractivity contribution < 1.29 is 9.13 Å². The molecular weight excluding hydrogens is 315 g/mol. The van der Waals surface area contributed by atoms with Crippen LogP contribution in [0.4, 0.5) is 4.39 Å². The molecule has 0 amide bonds. The lowest BCUT2D eigenvalue weighted by Gasteiger charge is -2.20. The van der Waals surface area contributed by atoms with Crippen molar-refractivity contribution in [2.75, 3.05) is 20.1 Å². The van der Waals surface area contributed by atoms with Crippen molar-refractivity contribution in [3.8, 4) is 6.07 Å². The lowest BCUT2D eigenvalue weighted by Crippen LogP contribution is -2.29. The summed E-state index contributed by atoms with van der Waals surface area (Å²) in [6.45, 7) is 1.04. The molecule has 2 aromatic carbocycles. The van der Waals surface area contributed by atoms with Crippen molar-refractivity contribution in [1.82, 2.24) is 4.90 Å². The maximum Gasteiger partial charge on any atom is 0.131 e. The molecule has 2 aromatic rings. The van der Waals surface area contributed by atoms with Gasteiger partial charge >= 0.3 is 0 Å². The van der Waals surface area contributed by atoms with E-state index in [1.165, 1.54) is 17.2 Å². The molecule has 0 saturated heterocycles. The van der Waals surface area contributed by atoms with Crippen LogP contribution in [-0.2, 0) is 11.2 Å². The lowest BCUT2D eigenvalue weighted by molar-refractivity contribution is 0.146. The summed E-state index contributed by atoms with van der Waals surface area (Å²) in [4.78, 5) is 1.95. The van der Waals surface area contributed by atoms with Crippen LogP contribution in [-0.4, -0.2) is 31.1 Å². The first-order valence-electron chi connectivity index (χ1n) is 8.48. The number of hydrogen-bond donors (Lipinski definition) is 0. The highest BCUT2D eigenvalue weighted by molar-refractivity contribution is 5.92. The van der Waals surface area contributed by atoms with Crippen LogP contribution >= 0.6 is 0 Å². The molecule has 0 saturated carbocycles. The summed E-state index contributed by atoms with van der Waals surface area (Å²) in [6, 6.07) is 15.4. The van der Waals surface area contributed by atoms with E-state index in [0.717, 1.165) is 35.3 Å². The van der Waals surface area contributed by atoms with E-state index < -0.39 is 0 Å². The van der Waals surface area contributed by atoms with E-state index in [-0.39, 0.29) is 11.9 Å². The number of nitrogens with zero attached hydrogens (tertiary/aromatic N) is 2. The van der Waals surface area contributed by atoms with E-state index in [1.54, 1.807) is 6.07 Å². The fraction of sp³-hybridized carbons (Fsp3) is 0.286. The third-order valence-electron chi connectivity index (χ3n) is 4.89. The monoisotopic (exact) mass is 334 g/mol. The van der Waals surface area contributed by atoms with Crippen LogP contribution in [0.15, 0.2) is 42.5 Å². The topological polar surface area (TPSA) is 36.3 Å². The minimum atomic E-state index is -0.245. The molecule has 0 fully saturated rings. The molecular formula is C21H19FN2O. The van der Waals surface area contributed by atoms with Gasteiger partial charge in [-0.3, -0.25) is 4.90 Å². The fourth-order valence-electron chi connectivity index (χ4n) is 3.78. The first kappa shape index (κ1) is 15.9. The quantitative estimate of drug-likeness (QED) is 0.800. The lowest BCUT2D eigenvalue weighted by atomic mass is 9.95. The van der Waals surface area contributed by atoms with Gasteiger partial charge < -0.3 is 4.74 Å². The van der Waals surface area contributed by atoms with Crippen molar-refractivity contribution in [2.45, 2.75) is 18.9 Å². The Hall–Kier alpha value is -2.64. The molecule has 1 heterocycles. The minimum absolute atomic E-state index is 0.0226. The molecule has 0 unspecified atom stereocenters. The normalized spacial score (nSPS) is 18.1. The van der Waals surface area contributed by atoms with Gasteiger partial charge in [0.2, 0.25) is 0 Å². The Morgan fingerprint density at radius 1 is 1.20 bits per heavy atom. The Morgan fingerprint density at radius 3 is 2.84 bits per heavy atom. The molecule has 126 valence electrons. The van der Waals surface area contributed by atoms with Crippen molar-refractivity contribution in [3.05, 3.63) is 70.5 Å². The number of fused-ring (bicyclic) bond motifs is 4. The predicted octanol–water partition coefficient (Wildman–Crippen LogP) is 3.84. The van der Waals surface area contributed by atoms with Gasteiger partial charge in [-0.25, -0.2) is 4.39 Å². The van der Waals surface area contributed by atoms with Gasteiger partial charge in [0.25, 0.3) is 0 Å². The number of hydrogen-bond acceptors (Lipinski definition) is 3. The third kappa shape index (κ3) is 2.92. The molecule has 0 N–H and O–H groups in total. The number of likely N-dealkylation sites (N-methyl/N-ethyl adjacent to an activating group) is 1. The largest absolute Gasteiger partial charge is 0.488 e. The second-order valence-corrected chi connectivity index (χ2v) is 6.74. The van der Waals surface area contributed by atoms with E-state index in [1.807, 2.05) is 30.1 Å². The Morgan fingerprint density at radius 2 is 2.00 bits per heavy atom. The second-order valence-electron chi connectivity index (χ2n) is 6.74. The molecule has 0 radical (unpaired) electrons. The molecule has 4 heteroatoms. The van der Waals surface area contributed by atoms with Gasteiger partial charge in [-0.15, -0.1) is 0 Å². The minimum Gasteiger partial charge on any atom is -0.488 e. The van der Waals surface area contributed by atoms with Gasteiger partial charge in [0, 0.05) is 24.1 Å². The van der Waals surface area contributed by atoms with Crippen LogP contribution in [0.2, 0.25) is 0 Å². The van der Waals surface area contributed by atoms with Crippen molar-refractivity contribution in [3.63, 3.8) is 0 Å². The average Bonchev–Trinajstić information content (AvgIpc) is 2.95. The number of rotatable bonds is 3. The number of nitriles is 1. The van der Waals surface area contributed by atoms with Gasteiger partial charge in [-0.1, -0.05) is 30.3 Å². The first-order valence-corrected chi connectivity index (χ1v) is 8.48. The highest BCUT2D eigenvalue weighted by Crippen LogP contribution is 2.44. The molecule has 4 rings (SSSR count). The zero-order chi connectivity index (χ0) is 17.4. The standard InChI is InChI=1S/C21H19FN2O/c1-24(9-8-23)13-17-12-20-18-5-3-2-4-14(18)10-15-6-7-16(22)11-19(15)21(20)25-17/h2-7,11,17H,9-10,12-13H2,1H3/t17-/m1/s1. The van der Waals surface area contributed by atoms with Gasteiger partial charge in [0.05, 0.1) is 12.6 Å². The van der Waals surface area contributed by atoms with Crippen LogP contribution in [0.3, 0.4) is 0 Å². The Balaban J connectivity index is 1.76. The average molecular weight is 334 g/mol. The fourth-order valence-corrected chi connectivity index (χ4v) is 3.78. The maximum absolute atomic E-state index is 13.9. The van der Waals surface area contributed by atoms with Crippen LogP contribution in [0.5, 0.6) is 0 Å². The van der Waals surface area contributed by atoms with E-state index in [4.69, 9.17) is 10.00 Å². The van der Waals surface area contributed by atoms with Crippen molar-refractivity contribution in [2.24, 2.45) is 0 Å².